The Morgan fingerprint density at radius 1 is 1.06 bits per heavy atom. The highest BCUT2D eigenvalue weighted by atomic mass is 16.3. The number of hydrogen-bond acceptors (Lipinski definition) is 3. The van der Waals surface area contributed by atoms with Crippen LogP contribution in [0.3, 0.4) is 0 Å². The van der Waals surface area contributed by atoms with E-state index in [1.165, 1.54) is 32.1 Å². The lowest BCUT2D eigenvalue weighted by Crippen LogP contribution is -2.52. The molecule has 3 nitrogen and oxygen atoms in total. The van der Waals surface area contributed by atoms with E-state index in [4.69, 9.17) is 5.11 Å². The molecule has 4 rings (SSSR count). The third-order valence-corrected chi connectivity index (χ3v) is 11.2. The van der Waals surface area contributed by atoms with Gasteiger partial charge in [-0.25, -0.2) is 0 Å². The number of aliphatic hydroxyl groups is 3. The van der Waals surface area contributed by atoms with Crippen LogP contribution in [-0.4, -0.2) is 33.1 Å². The fourth-order valence-electron chi connectivity index (χ4n) is 9.10. The molecule has 1 unspecified atom stereocenters. The molecule has 9 atom stereocenters. The van der Waals surface area contributed by atoms with Gasteiger partial charge in [-0.1, -0.05) is 32.4 Å². The Bertz CT molecular complexity index is 709. The van der Waals surface area contributed by atoms with Crippen LogP contribution in [0.15, 0.2) is 11.6 Å². The second-order valence-electron chi connectivity index (χ2n) is 13.5. The predicted octanol–water partition coefficient (Wildman–Crippen LogP) is 6.26. The first-order valence-electron chi connectivity index (χ1n) is 13.7. The van der Waals surface area contributed by atoms with E-state index in [-0.39, 0.29) is 6.61 Å². The van der Waals surface area contributed by atoms with Crippen LogP contribution in [0.4, 0.5) is 0 Å². The Morgan fingerprint density at radius 2 is 1.81 bits per heavy atom. The van der Waals surface area contributed by atoms with Gasteiger partial charge in [-0.15, -0.1) is 0 Å². The lowest BCUT2D eigenvalue weighted by atomic mass is 9.46. The molecule has 3 fully saturated rings. The number of fused-ring (bicyclic) bond motifs is 5. The summed E-state index contributed by atoms with van der Waals surface area (Å²) in [6.45, 7) is 11.7. The van der Waals surface area contributed by atoms with E-state index in [0.717, 1.165) is 55.8 Å². The van der Waals surface area contributed by atoms with Gasteiger partial charge in [-0.2, -0.15) is 0 Å². The van der Waals surface area contributed by atoms with Gasteiger partial charge in [0.1, 0.15) is 0 Å². The summed E-state index contributed by atoms with van der Waals surface area (Å²) in [5, 5.41) is 30.5. The number of allylic oxidation sites excluding steroid dienone is 1. The van der Waals surface area contributed by atoms with Crippen molar-refractivity contribution >= 4 is 0 Å². The number of aliphatic hydroxyl groups excluding tert-OH is 1. The molecule has 32 heavy (non-hydrogen) atoms. The summed E-state index contributed by atoms with van der Waals surface area (Å²) < 4.78 is 0. The van der Waals surface area contributed by atoms with Crippen LogP contribution >= 0.6 is 0 Å². The second kappa shape index (κ2) is 8.68. The van der Waals surface area contributed by atoms with Crippen LogP contribution in [0.5, 0.6) is 0 Å². The number of rotatable bonds is 7. The summed E-state index contributed by atoms with van der Waals surface area (Å²) in [6.07, 6.45) is 15.5. The molecular formula is C29H50O3. The normalized spacial score (nSPS) is 46.4. The van der Waals surface area contributed by atoms with Gasteiger partial charge in [0, 0.05) is 6.61 Å². The van der Waals surface area contributed by atoms with Crippen molar-refractivity contribution in [1.82, 2.24) is 0 Å². The van der Waals surface area contributed by atoms with Gasteiger partial charge >= 0.3 is 0 Å². The molecule has 184 valence electrons. The van der Waals surface area contributed by atoms with Crippen LogP contribution < -0.4 is 0 Å². The van der Waals surface area contributed by atoms with Crippen molar-refractivity contribution in [3.8, 4) is 0 Å². The first-order chi connectivity index (χ1) is 14.9. The van der Waals surface area contributed by atoms with E-state index < -0.39 is 11.2 Å². The minimum absolute atomic E-state index is 0.170. The van der Waals surface area contributed by atoms with Crippen molar-refractivity contribution in [3.63, 3.8) is 0 Å². The third kappa shape index (κ3) is 4.36. The van der Waals surface area contributed by atoms with Crippen molar-refractivity contribution in [2.75, 3.05) is 6.61 Å². The maximum Gasteiger partial charge on any atom is 0.0657 e. The highest BCUT2D eigenvalue weighted by molar-refractivity contribution is 5.26. The van der Waals surface area contributed by atoms with Crippen LogP contribution in [0, 0.1) is 40.4 Å². The molecule has 4 aliphatic carbocycles. The molecule has 0 radical (unpaired) electrons. The average Bonchev–Trinajstić information content (AvgIpc) is 3.08. The van der Waals surface area contributed by atoms with Crippen LogP contribution in [-0.2, 0) is 0 Å². The number of hydrogen-bond donors (Lipinski definition) is 3. The maximum absolute atomic E-state index is 10.7. The summed E-state index contributed by atoms with van der Waals surface area (Å²) in [5.74, 6) is 3.87. The van der Waals surface area contributed by atoms with Gasteiger partial charge in [0.15, 0.2) is 0 Å². The molecule has 3 heteroatoms. The molecule has 0 aliphatic heterocycles. The molecule has 4 aliphatic rings. The quantitative estimate of drug-likeness (QED) is 0.405. The topological polar surface area (TPSA) is 60.7 Å². The standard InChI is InChI=1S/C29H50O3/c1-20(11-14-26(2,31)13-6-18-30)23-9-10-24-22-8-7-21-19-27(3,32)16-17-28(21,4)25(22)12-15-29(23,24)5/h7,20,22-25,30-32H,6,8-19H2,1-5H3/t20-,22?,23-,24+,25+,26+,27+,28+,29-/m1/s1. The van der Waals surface area contributed by atoms with Crippen LogP contribution in [0.2, 0.25) is 0 Å². The van der Waals surface area contributed by atoms with E-state index in [1.54, 1.807) is 5.57 Å². The third-order valence-electron chi connectivity index (χ3n) is 11.2. The van der Waals surface area contributed by atoms with Crippen molar-refractivity contribution in [1.29, 1.82) is 0 Å². The van der Waals surface area contributed by atoms with Crippen LogP contribution in [0.1, 0.15) is 112 Å². The Balaban J connectivity index is 1.45. The lowest BCUT2D eigenvalue weighted by Gasteiger charge is -2.59. The summed E-state index contributed by atoms with van der Waals surface area (Å²) >= 11 is 0. The van der Waals surface area contributed by atoms with Crippen molar-refractivity contribution in [3.05, 3.63) is 11.6 Å². The van der Waals surface area contributed by atoms with Gasteiger partial charge in [-0.05, 0) is 131 Å². The zero-order valence-corrected chi connectivity index (χ0v) is 21.5. The van der Waals surface area contributed by atoms with Crippen molar-refractivity contribution in [2.24, 2.45) is 40.4 Å². The average molecular weight is 447 g/mol. The molecule has 0 aromatic rings. The SMILES string of the molecule is C[C@H](CC[C@@](C)(O)CCCO)[C@H]1CC[C@H]2C3CC=C4C[C@@](C)(O)CC[C@]4(C)[C@H]3CC[C@]12C. The minimum atomic E-state index is -0.644. The van der Waals surface area contributed by atoms with E-state index in [0.29, 0.717) is 29.6 Å². The van der Waals surface area contributed by atoms with Gasteiger partial charge < -0.3 is 15.3 Å². The molecule has 0 spiro atoms. The highest BCUT2D eigenvalue weighted by Gasteiger charge is 2.59. The second-order valence-corrected chi connectivity index (χ2v) is 13.5. The minimum Gasteiger partial charge on any atom is -0.396 e. The zero-order valence-electron chi connectivity index (χ0n) is 21.5. The molecular weight excluding hydrogens is 396 g/mol. The van der Waals surface area contributed by atoms with Gasteiger partial charge in [0.05, 0.1) is 11.2 Å². The predicted molar refractivity (Wildman–Crippen MR) is 131 cm³/mol. The molecule has 0 amide bonds. The van der Waals surface area contributed by atoms with E-state index in [9.17, 15) is 10.2 Å². The molecule has 0 saturated heterocycles. The summed E-state index contributed by atoms with van der Waals surface area (Å²) in [6, 6.07) is 0. The highest BCUT2D eigenvalue weighted by Crippen LogP contribution is 2.67. The molecule has 3 saturated carbocycles. The fourth-order valence-corrected chi connectivity index (χ4v) is 9.10. The van der Waals surface area contributed by atoms with Gasteiger partial charge in [-0.3, -0.25) is 0 Å². The summed E-state index contributed by atoms with van der Waals surface area (Å²) in [4.78, 5) is 0. The fraction of sp³-hybridized carbons (Fsp3) is 0.931. The molecule has 0 aromatic carbocycles. The van der Waals surface area contributed by atoms with E-state index in [1.807, 2.05) is 13.8 Å². The molecule has 0 heterocycles. The van der Waals surface area contributed by atoms with E-state index >= 15 is 0 Å². The van der Waals surface area contributed by atoms with Crippen molar-refractivity contribution in [2.45, 2.75) is 123 Å². The monoisotopic (exact) mass is 446 g/mol. The molecule has 0 aromatic heterocycles. The summed E-state index contributed by atoms with van der Waals surface area (Å²) in [5.41, 5.74) is 1.16. The smallest absolute Gasteiger partial charge is 0.0657 e. The van der Waals surface area contributed by atoms with Gasteiger partial charge in [0.2, 0.25) is 0 Å². The summed E-state index contributed by atoms with van der Waals surface area (Å²) in [7, 11) is 0. The first-order valence-corrected chi connectivity index (χ1v) is 13.7. The van der Waals surface area contributed by atoms with E-state index in [2.05, 4.69) is 26.8 Å². The Kier molecular flexibility index (Phi) is 6.71. The Hall–Kier alpha value is -0.380. The Morgan fingerprint density at radius 3 is 2.53 bits per heavy atom. The lowest BCUT2D eigenvalue weighted by molar-refractivity contribution is -0.0716. The zero-order chi connectivity index (χ0) is 23.4. The maximum atomic E-state index is 10.7. The van der Waals surface area contributed by atoms with Crippen LogP contribution in [0.25, 0.3) is 0 Å². The first kappa shape index (κ1) is 24.7. The van der Waals surface area contributed by atoms with Gasteiger partial charge in [0.25, 0.3) is 0 Å². The largest absolute Gasteiger partial charge is 0.396 e. The van der Waals surface area contributed by atoms with Crippen molar-refractivity contribution < 1.29 is 15.3 Å². The molecule has 3 N–H and O–H groups in total. The molecule has 0 bridgehead atoms. The Labute approximate surface area is 197 Å².